The number of amides is 1. The second-order valence-electron chi connectivity index (χ2n) is 6.23. The van der Waals surface area contributed by atoms with E-state index in [0.29, 0.717) is 0 Å². The molecule has 0 unspecified atom stereocenters. The van der Waals surface area contributed by atoms with Crippen molar-refractivity contribution in [3.05, 3.63) is 0 Å². The number of hydrogen-bond donors (Lipinski definition) is 7. The van der Waals surface area contributed by atoms with E-state index in [0.717, 1.165) is 6.92 Å². The van der Waals surface area contributed by atoms with Gasteiger partial charge in [0.15, 0.2) is 12.6 Å². The Balaban J connectivity index is 2.21. The minimum absolute atomic E-state index is 0.594. The van der Waals surface area contributed by atoms with E-state index in [-0.39, 0.29) is 0 Å². The molecular formula is C14H24FNO10. The molecule has 2 fully saturated rings. The quantitative estimate of drug-likeness (QED) is 0.245. The summed E-state index contributed by atoms with van der Waals surface area (Å²) in [6, 6.07) is -1.31. The zero-order chi connectivity index (χ0) is 19.6. The van der Waals surface area contributed by atoms with E-state index in [4.69, 9.17) is 14.2 Å². The summed E-state index contributed by atoms with van der Waals surface area (Å²) in [5.74, 6) is -0.594. The van der Waals surface area contributed by atoms with Crippen molar-refractivity contribution in [2.24, 2.45) is 0 Å². The lowest BCUT2D eigenvalue weighted by molar-refractivity contribution is -0.340. The van der Waals surface area contributed by atoms with Gasteiger partial charge in [0.2, 0.25) is 5.91 Å². The number of carbonyl (C=O) groups is 1. The Morgan fingerprint density at radius 3 is 2.23 bits per heavy atom. The Morgan fingerprint density at radius 2 is 1.69 bits per heavy atom. The molecule has 10 atom stereocenters. The highest BCUT2D eigenvalue weighted by Crippen LogP contribution is 2.28. The van der Waals surface area contributed by atoms with Crippen LogP contribution in [0.25, 0.3) is 0 Å². The van der Waals surface area contributed by atoms with Gasteiger partial charge in [-0.3, -0.25) is 4.79 Å². The van der Waals surface area contributed by atoms with E-state index in [1.807, 2.05) is 0 Å². The van der Waals surface area contributed by atoms with E-state index in [9.17, 15) is 39.8 Å². The summed E-state index contributed by atoms with van der Waals surface area (Å²) in [4.78, 5) is 11.3. The van der Waals surface area contributed by atoms with Crippen LogP contribution in [-0.4, -0.2) is 111 Å². The van der Waals surface area contributed by atoms with Gasteiger partial charge in [0.25, 0.3) is 0 Å². The van der Waals surface area contributed by atoms with Crippen molar-refractivity contribution in [1.82, 2.24) is 5.32 Å². The lowest BCUT2D eigenvalue weighted by Crippen LogP contribution is -2.67. The molecule has 2 rings (SSSR count). The highest BCUT2D eigenvalue weighted by molar-refractivity contribution is 5.73. The van der Waals surface area contributed by atoms with Crippen molar-refractivity contribution in [3.8, 4) is 0 Å². The third kappa shape index (κ3) is 4.30. The number of carbonyl (C=O) groups excluding carboxylic acids is 1. The smallest absolute Gasteiger partial charge is 0.217 e. The van der Waals surface area contributed by atoms with Crippen LogP contribution >= 0.6 is 0 Å². The molecule has 2 saturated heterocycles. The van der Waals surface area contributed by atoms with Gasteiger partial charge in [-0.2, -0.15) is 0 Å². The van der Waals surface area contributed by atoms with Crippen molar-refractivity contribution in [2.45, 2.75) is 68.3 Å². The Hall–Kier alpha value is -0.960. The predicted octanol–water partition coefficient (Wildman–Crippen LogP) is -4.28. The molecule has 0 spiro atoms. The van der Waals surface area contributed by atoms with Crippen LogP contribution in [0.15, 0.2) is 0 Å². The average molecular weight is 385 g/mol. The Labute approximate surface area is 147 Å². The molecule has 0 bridgehead atoms. The number of nitrogens with one attached hydrogen (secondary N) is 1. The minimum Gasteiger partial charge on any atom is -0.394 e. The molecule has 0 saturated carbocycles. The first-order valence-corrected chi connectivity index (χ1v) is 8.01. The summed E-state index contributed by atoms with van der Waals surface area (Å²) >= 11 is 0. The lowest BCUT2D eigenvalue weighted by Gasteiger charge is -2.46. The molecular weight excluding hydrogens is 361 g/mol. The standard InChI is InChI=1S/C14H24FNO10/c1-4(18)16-7-12(9(20)6(3-17)24-13(7)23)26-14-11(22)10(21)8(19)5(2-15)25-14/h5-14,17,19-23H,2-3H2,1H3,(H,16,18)/t5-,6-,7-,8+,9+,10+,11-,12-,13+,14+/m1/s1. The van der Waals surface area contributed by atoms with E-state index < -0.39 is 80.5 Å². The highest BCUT2D eigenvalue weighted by Gasteiger charge is 2.50. The number of aliphatic hydroxyl groups is 6. The molecule has 0 aromatic heterocycles. The van der Waals surface area contributed by atoms with E-state index in [1.54, 1.807) is 0 Å². The maximum Gasteiger partial charge on any atom is 0.217 e. The lowest BCUT2D eigenvalue weighted by atomic mass is 9.95. The topological polar surface area (TPSA) is 178 Å². The number of rotatable bonds is 5. The van der Waals surface area contributed by atoms with Crippen LogP contribution in [-0.2, 0) is 19.0 Å². The maximum atomic E-state index is 13.0. The zero-order valence-corrected chi connectivity index (χ0v) is 13.9. The second-order valence-corrected chi connectivity index (χ2v) is 6.23. The molecule has 152 valence electrons. The van der Waals surface area contributed by atoms with Crippen molar-refractivity contribution < 1.29 is 54.0 Å². The molecule has 0 aromatic carbocycles. The predicted molar refractivity (Wildman–Crippen MR) is 79.1 cm³/mol. The van der Waals surface area contributed by atoms with Crippen LogP contribution in [0.2, 0.25) is 0 Å². The maximum absolute atomic E-state index is 13.0. The number of halogens is 1. The normalized spacial score (nSPS) is 46.8. The summed E-state index contributed by atoms with van der Waals surface area (Å²) in [6.07, 6.45) is -14.4. The SMILES string of the molecule is CC(=O)N[C@@H]1[C@@H](O[C@@H]2O[C@H](CF)[C@H](O)[C@H](O)[C@H]2O)[C@@H](O)[C@@H](CO)O[C@@H]1O. The van der Waals surface area contributed by atoms with Crippen molar-refractivity contribution >= 4 is 5.91 Å². The minimum atomic E-state index is -1.80. The molecule has 12 heteroatoms. The van der Waals surface area contributed by atoms with E-state index in [1.165, 1.54) is 0 Å². The first-order valence-electron chi connectivity index (χ1n) is 8.01. The van der Waals surface area contributed by atoms with Crippen LogP contribution in [0.3, 0.4) is 0 Å². The van der Waals surface area contributed by atoms with Crippen LogP contribution in [0.5, 0.6) is 0 Å². The van der Waals surface area contributed by atoms with Gasteiger partial charge < -0.3 is 50.2 Å². The number of ether oxygens (including phenoxy) is 3. The first-order chi connectivity index (χ1) is 12.2. The van der Waals surface area contributed by atoms with Gasteiger partial charge in [0.05, 0.1) is 6.61 Å². The fraction of sp³-hybridized carbons (Fsp3) is 0.929. The van der Waals surface area contributed by atoms with Gasteiger partial charge in [0, 0.05) is 6.92 Å². The third-order valence-corrected chi connectivity index (χ3v) is 4.35. The molecule has 1 amide bonds. The summed E-state index contributed by atoms with van der Waals surface area (Å²) in [5.41, 5.74) is 0. The Morgan fingerprint density at radius 1 is 1.04 bits per heavy atom. The molecule has 2 heterocycles. The molecule has 0 aromatic rings. The van der Waals surface area contributed by atoms with Gasteiger partial charge in [0.1, 0.15) is 55.4 Å². The third-order valence-electron chi connectivity index (χ3n) is 4.35. The second kappa shape index (κ2) is 8.82. The van der Waals surface area contributed by atoms with Gasteiger partial charge in [-0.1, -0.05) is 0 Å². The summed E-state index contributed by atoms with van der Waals surface area (Å²) < 4.78 is 28.4. The van der Waals surface area contributed by atoms with Gasteiger partial charge >= 0.3 is 0 Å². The van der Waals surface area contributed by atoms with Gasteiger partial charge in [-0.25, -0.2) is 4.39 Å². The monoisotopic (exact) mass is 385 g/mol. The summed E-state index contributed by atoms with van der Waals surface area (Å²) in [6.45, 7) is -0.731. The Kier molecular flexibility index (Phi) is 7.24. The molecule has 7 N–H and O–H groups in total. The summed E-state index contributed by atoms with van der Waals surface area (Å²) in [5, 5.41) is 61.3. The molecule has 2 aliphatic heterocycles. The highest BCUT2D eigenvalue weighted by atomic mass is 19.1. The van der Waals surface area contributed by atoms with Crippen LogP contribution in [0, 0.1) is 0 Å². The number of aliphatic hydroxyl groups excluding tert-OH is 6. The van der Waals surface area contributed by atoms with Crippen LogP contribution in [0.1, 0.15) is 6.92 Å². The fourth-order valence-electron chi connectivity index (χ4n) is 2.95. The number of alkyl halides is 1. The van der Waals surface area contributed by atoms with Crippen LogP contribution < -0.4 is 5.32 Å². The average Bonchev–Trinajstić information content (AvgIpc) is 2.60. The van der Waals surface area contributed by atoms with E-state index >= 15 is 0 Å². The first kappa shape index (κ1) is 21.3. The van der Waals surface area contributed by atoms with E-state index in [2.05, 4.69) is 5.32 Å². The molecule has 11 nitrogen and oxygen atoms in total. The summed E-state index contributed by atoms with van der Waals surface area (Å²) in [7, 11) is 0. The van der Waals surface area contributed by atoms with Gasteiger partial charge in [-0.05, 0) is 0 Å². The van der Waals surface area contributed by atoms with Gasteiger partial charge in [-0.15, -0.1) is 0 Å². The molecule has 0 aliphatic carbocycles. The van der Waals surface area contributed by atoms with Crippen molar-refractivity contribution in [3.63, 3.8) is 0 Å². The Bertz CT molecular complexity index is 483. The fourth-order valence-corrected chi connectivity index (χ4v) is 2.95. The van der Waals surface area contributed by atoms with Crippen LogP contribution in [0.4, 0.5) is 4.39 Å². The largest absolute Gasteiger partial charge is 0.394 e. The molecule has 26 heavy (non-hydrogen) atoms. The molecule has 0 radical (unpaired) electrons. The van der Waals surface area contributed by atoms with Crippen molar-refractivity contribution in [2.75, 3.05) is 13.3 Å². The zero-order valence-electron chi connectivity index (χ0n) is 13.9. The number of hydrogen-bond acceptors (Lipinski definition) is 10. The van der Waals surface area contributed by atoms with Crippen molar-refractivity contribution in [1.29, 1.82) is 0 Å². The molecule has 2 aliphatic rings.